The van der Waals surface area contributed by atoms with E-state index in [1.54, 1.807) is 6.92 Å². The number of likely N-dealkylation sites (tertiary alicyclic amines) is 1. The van der Waals surface area contributed by atoms with Gasteiger partial charge in [0.2, 0.25) is 5.91 Å². The van der Waals surface area contributed by atoms with Gasteiger partial charge >= 0.3 is 5.97 Å². The van der Waals surface area contributed by atoms with E-state index in [1.807, 2.05) is 4.90 Å². The Labute approximate surface area is 120 Å². The van der Waals surface area contributed by atoms with Crippen LogP contribution in [0.1, 0.15) is 45.4 Å². The first-order valence-electron chi connectivity index (χ1n) is 7.68. The molecule has 2 fully saturated rings. The Hall–Kier alpha value is -1.10. The molecule has 2 N–H and O–H groups in total. The van der Waals surface area contributed by atoms with Crippen LogP contribution in [0.15, 0.2) is 0 Å². The normalized spacial score (nSPS) is 30.0. The summed E-state index contributed by atoms with van der Waals surface area (Å²) in [6, 6.07) is 0. The van der Waals surface area contributed by atoms with Gasteiger partial charge in [-0.05, 0) is 44.9 Å². The first kappa shape index (κ1) is 15.3. The van der Waals surface area contributed by atoms with E-state index in [1.165, 1.54) is 0 Å². The summed E-state index contributed by atoms with van der Waals surface area (Å²) in [5, 5.41) is 18.7. The van der Waals surface area contributed by atoms with Gasteiger partial charge in [0.1, 0.15) is 0 Å². The number of piperidine rings is 1. The van der Waals surface area contributed by atoms with Crippen LogP contribution in [0.2, 0.25) is 0 Å². The predicted octanol–water partition coefficient (Wildman–Crippen LogP) is 1.50. The van der Waals surface area contributed by atoms with E-state index < -0.39 is 5.97 Å². The molecule has 114 valence electrons. The Morgan fingerprint density at radius 3 is 2.25 bits per heavy atom. The van der Waals surface area contributed by atoms with Crippen molar-refractivity contribution in [3.05, 3.63) is 0 Å². The topological polar surface area (TPSA) is 77.8 Å². The van der Waals surface area contributed by atoms with E-state index in [4.69, 9.17) is 5.11 Å². The van der Waals surface area contributed by atoms with Crippen molar-refractivity contribution in [2.45, 2.75) is 51.6 Å². The van der Waals surface area contributed by atoms with Crippen LogP contribution in [0.5, 0.6) is 0 Å². The largest absolute Gasteiger partial charge is 0.481 e. The van der Waals surface area contributed by atoms with E-state index in [0.29, 0.717) is 25.9 Å². The number of rotatable bonds is 3. The first-order chi connectivity index (χ1) is 9.49. The molecule has 1 saturated heterocycles. The molecule has 2 rings (SSSR count). The molecule has 1 heterocycles. The molecule has 0 radical (unpaired) electrons. The number of carbonyl (C=O) groups is 2. The van der Waals surface area contributed by atoms with Gasteiger partial charge in [0.05, 0.1) is 12.0 Å². The number of amides is 1. The van der Waals surface area contributed by atoms with Gasteiger partial charge in [-0.3, -0.25) is 9.59 Å². The third-order valence-corrected chi connectivity index (χ3v) is 4.91. The minimum atomic E-state index is -0.768. The van der Waals surface area contributed by atoms with Crippen molar-refractivity contribution in [3.8, 4) is 0 Å². The minimum Gasteiger partial charge on any atom is -0.481 e. The lowest BCUT2D eigenvalue weighted by molar-refractivity contribution is -0.146. The number of hydrogen-bond donors (Lipinski definition) is 2. The Bertz CT molecular complexity index is 361. The molecule has 1 saturated carbocycles. The van der Waals surface area contributed by atoms with Crippen LogP contribution in [0.4, 0.5) is 0 Å². The molecule has 0 aromatic carbocycles. The van der Waals surface area contributed by atoms with Gasteiger partial charge in [0, 0.05) is 19.0 Å². The van der Waals surface area contributed by atoms with E-state index in [9.17, 15) is 14.7 Å². The summed E-state index contributed by atoms with van der Waals surface area (Å²) in [4.78, 5) is 25.4. The van der Waals surface area contributed by atoms with Crippen LogP contribution in [0.25, 0.3) is 0 Å². The Kier molecular flexibility index (Phi) is 5.02. The van der Waals surface area contributed by atoms with Crippen molar-refractivity contribution in [3.63, 3.8) is 0 Å². The molecule has 0 aromatic rings. The lowest BCUT2D eigenvalue weighted by Gasteiger charge is -2.36. The number of aliphatic carboxylic acids is 1. The average Bonchev–Trinajstić information content (AvgIpc) is 2.46. The molecule has 1 amide bonds. The van der Waals surface area contributed by atoms with E-state index in [2.05, 4.69) is 0 Å². The number of nitrogens with zero attached hydrogens (tertiary/aromatic N) is 1. The van der Waals surface area contributed by atoms with E-state index in [-0.39, 0.29) is 29.8 Å². The van der Waals surface area contributed by atoms with Crippen LogP contribution in [0, 0.1) is 17.8 Å². The molecule has 0 bridgehead atoms. The number of carboxylic acids is 1. The standard InChI is InChI=1S/C15H25NO4/c1-10(17)11-5-7-16(8-6-11)14(18)12-3-2-4-13(9-12)15(19)20/h10-13,17H,2-9H2,1H3,(H,19,20). The highest BCUT2D eigenvalue weighted by Gasteiger charge is 2.34. The maximum absolute atomic E-state index is 12.5. The monoisotopic (exact) mass is 283 g/mol. The van der Waals surface area contributed by atoms with Gasteiger partial charge in [0.25, 0.3) is 0 Å². The molecule has 2 aliphatic rings. The zero-order valence-electron chi connectivity index (χ0n) is 12.1. The molecule has 5 nitrogen and oxygen atoms in total. The van der Waals surface area contributed by atoms with Gasteiger partial charge in [-0.15, -0.1) is 0 Å². The van der Waals surface area contributed by atoms with Crippen LogP contribution in [-0.4, -0.2) is 46.2 Å². The van der Waals surface area contributed by atoms with Gasteiger partial charge in [-0.25, -0.2) is 0 Å². The predicted molar refractivity (Wildman–Crippen MR) is 74.1 cm³/mol. The van der Waals surface area contributed by atoms with Crippen molar-refractivity contribution in [1.82, 2.24) is 4.90 Å². The third-order valence-electron chi connectivity index (χ3n) is 4.91. The van der Waals surface area contributed by atoms with Gasteiger partial charge in [-0.2, -0.15) is 0 Å². The Morgan fingerprint density at radius 1 is 1.10 bits per heavy atom. The molecule has 20 heavy (non-hydrogen) atoms. The molecule has 3 unspecified atom stereocenters. The summed E-state index contributed by atoms with van der Waals surface area (Å²) in [6.45, 7) is 3.20. The smallest absolute Gasteiger partial charge is 0.306 e. The molecule has 1 aliphatic carbocycles. The van der Waals surface area contributed by atoms with Crippen molar-refractivity contribution in [1.29, 1.82) is 0 Å². The minimum absolute atomic E-state index is 0.118. The van der Waals surface area contributed by atoms with Gasteiger partial charge in [0.15, 0.2) is 0 Å². The fraction of sp³-hybridized carbons (Fsp3) is 0.867. The SMILES string of the molecule is CC(O)C1CCN(C(=O)C2CCCC(C(=O)O)C2)CC1. The summed E-state index contributed by atoms with van der Waals surface area (Å²) in [6.07, 6.45) is 4.22. The lowest BCUT2D eigenvalue weighted by atomic mass is 9.80. The van der Waals surface area contributed by atoms with E-state index >= 15 is 0 Å². The maximum Gasteiger partial charge on any atom is 0.306 e. The fourth-order valence-electron chi connectivity index (χ4n) is 3.50. The van der Waals surface area contributed by atoms with Gasteiger partial charge < -0.3 is 15.1 Å². The zero-order chi connectivity index (χ0) is 14.7. The molecular weight excluding hydrogens is 258 g/mol. The number of hydrogen-bond acceptors (Lipinski definition) is 3. The summed E-state index contributed by atoms with van der Waals surface area (Å²) in [5.41, 5.74) is 0. The second-order valence-corrected chi connectivity index (χ2v) is 6.30. The molecule has 0 spiro atoms. The van der Waals surface area contributed by atoms with Crippen LogP contribution >= 0.6 is 0 Å². The van der Waals surface area contributed by atoms with E-state index in [0.717, 1.165) is 25.7 Å². The lowest BCUT2D eigenvalue weighted by Crippen LogP contribution is -2.44. The van der Waals surface area contributed by atoms with Crippen LogP contribution in [-0.2, 0) is 9.59 Å². The van der Waals surface area contributed by atoms with Crippen molar-refractivity contribution in [2.24, 2.45) is 17.8 Å². The molecule has 0 aromatic heterocycles. The Balaban J connectivity index is 1.87. The number of aliphatic hydroxyl groups excluding tert-OH is 1. The second-order valence-electron chi connectivity index (χ2n) is 6.30. The molecule has 5 heteroatoms. The highest BCUT2D eigenvalue weighted by molar-refractivity contribution is 5.80. The van der Waals surface area contributed by atoms with Crippen molar-refractivity contribution >= 4 is 11.9 Å². The van der Waals surface area contributed by atoms with Gasteiger partial charge in [-0.1, -0.05) is 6.42 Å². The highest BCUT2D eigenvalue weighted by atomic mass is 16.4. The number of aliphatic hydroxyl groups is 1. The summed E-state index contributed by atoms with van der Waals surface area (Å²) in [7, 11) is 0. The maximum atomic E-state index is 12.5. The average molecular weight is 283 g/mol. The summed E-state index contributed by atoms with van der Waals surface area (Å²) >= 11 is 0. The Morgan fingerprint density at radius 2 is 1.70 bits per heavy atom. The first-order valence-corrected chi connectivity index (χ1v) is 7.68. The molecular formula is C15H25NO4. The molecule has 3 atom stereocenters. The van der Waals surface area contributed by atoms with Crippen LogP contribution < -0.4 is 0 Å². The summed E-state index contributed by atoms with van der Waals surface area (Å²) < 4.78 is 0. The summed E-state index contributed by atoms with van der Waals surface area (Å²) in [5.74, 6) is -0.826. The molecule has 1 aliphatic heterocycles. The fourth-order valence-corrected chi connectivity index (χ4v) is 3.50. The number of carboxylic acid groups (broad SMARTS) is 1. The number of carbonyl (C=O) groups excluding carboxylic acids is 1. The third kappa shape index (κ3) is 3.51. The quantitative estimate of drug-likeness (QED) is 0.822. The highest BCUT2D eigenvalue weighted by Crippen LogP contribution is 2.32. The van der Waals surface area contributed by atoms with Crippen molar-refractivity contribution < 1.29 is 19.8 Å². The van der Waals surface area contributed by atoms with Crippen LogP contribution in [0.3, 0.4) is 0 Å². The second kappa shape index (κ2) is 6.57. The zero-order valence-corrected chi connectivity index (χ0v) is 12.1. The van der Waals surface area contributed by atoms with Crippen molar-refractivity contribution in [2.75, 3.05) is 13.1 Å².